The lowest BCUT2D eigenvalue weighted by atomic mass is 10.3. The van der Waals surface area contributed by atoms with Gasteiger partial charge in [0.1, 0.15) is 0 Å². The summed E-state index contributed by atoms with van der Waals surface area (Å²) in [5.74, 6) is 0. The van der Waals surface area contributed by atoms with E-state index in [-0.39, 0.29) is 0 Å². The van der Waals surface area contributed by atoms with Crippen molar-refractivity contribution in [1.29, 1.82) is 0 Å². The maximum absolute atomic E-state index is 10.8. The quantitative estimate of drug-likeness (QED) is 0.845. The standard InChI is InChI=1S/C8H7BrClNO2/c1-13-8(12)11-7-4-5(10)2-3-6(7)9/h2-4H,1H3,(H,11,12). The van der Waals surface area contributed by atoms with Crippen LogP contribution in [0.2, 0.25) is 5.02 Å². The lowest BCUT2D eigenvalue weighted by Gasteiger charge is -2.05. The van der Waals surface area contributed by atoms with Gasteiger partial charge in [-0.05, 0) is 34.1 Å². The van der Waals surface area contributed by atoms with Crippen LogP contribution in [-0.2, 0) is 4.74 Å². The Bertz CT molecular complexity index is 330. The topological polar surface area (TPSA) is 38.3 Å². The first kappa shape index (κ1) is 10.3. The van der Waals surface area contributed by atoms with E-state index in [1.807, 2.05) is 0 Å². The predicted molar refractivity (Wildman–Crippen MR) is 55.2 cm³/mol. The summed E-state index contributed by atoms with van der Waals surface area (Å²) in [7, 11) is 1.30. The first-order chi connectivity index (χ1) is 6.13. The number of benzene rings is 1. The Kier molecular flexibility index (Phi) is 3.57. The molecular formula is C8H7BrClNO2. The summed E-state index contributed by atoms with van der Waals surface area (Å²) in [4.78, 5) is 10.8. The van der Waals surface area contributed by atoms with Crippen molar-refractivity contribution in [1.82, 2.24) is 0 Å². The van der Waals surface area contributed by atoms with Crippen LogP contribution in [0.25, 0.3) is 0 Å². The van der Waals surface area contributed by atoms with Gasteiger partial charge in [0.25, 0.3) is 0 Å². The van der Waals surface area contributed by atoms with Crippen LogP contribution >= 0.6 is 27.5 Å². The molecule has 0 bridgehead atoms. The van der Waals surface area contributed by atoms with Crippen molar-refractivity contribution < 1.29 is 9.53 Å². The second kappa shape index (κ2) is 4.48. The van der Waals surface area contributed by atoms with Crippen LogP contribution in [-0.4, -0.2) is 13.2 Å². The molecule has 5 heteroatoms. The monoisotopic (exact) mass is 263 g/mol. The minimum Gasteiger partial charge on any atom is -0.453 e. The second-order valence-corrected chi connectivity index (χ2v) is 3.53. The molecule has 0 saturated heterocycles. The van der Waals surface area contributed by atoms with E-state index in [0.717, 1.165) is 4.47 Å². The number of halogens is 2. The van der Waals surface area contributed by atoms with Gasteiger partial charge in [0, 0.05) is 9.50 Å². The molecule has 1 rings (SSSR count). The fourth-order valence-electron chi connectivity index (χ4n) is 0.754. The van der Waals surface area contributed by atoms with E-state index in [9.17, 15) is 4.79 Å². The van der Waals surface area contributed by atoms with Crippen LogP contribution in [0.3, 0.4) is 0 Å². The zero-order valence-corrected chi connectivity index (χ0v) is 9.15. The molecule has 0 aromatic heterocycles. The summed E-state index contributed by atoms with van der Waals surface area (Å²) in [6.07, 6.45) is -0.525. The lowest BCUT2D eigenvalue weighted by molar-refractivity contribution is 0.187. The molecule has 0 saturated carbocycles. The number of hydrogen-bond acceptors (Lipinski definition) is 2. The van der Waals surface area contributed by atoms with Gasteiger partial charge in [-0.2, -0.15) is 0 Å². The molecule has 0 spiro atoms. The smallest absolute Gasteiger partial charge is 0.411 e. The number of hydrogen-bond donors (Lipinski definition) is 1. The van der Waals surface area contributed by atoms with Gasteiger partial charge < -0.3 is 4.74 Å². The van der Waals surface area contributed by atoms with Crippen LogP contribution in [0.5, 0.6) is 0 Å². The molecule has 0 unspecified atom stereocenters. The summed E-state index contributed by atoms with van der Waals surface area (Å²) in [6.45, 7) is 0. The molecule has 0 radical (unpaired) electrons. The Morgan fingerprint density at radius 3 is 2.92 bits per heavy atom. The number of amides is 1. The number of anilines is 1. The fraction of sp³-hybridized carbons (Fsp3) is 0.125. The average Bonchev–Trinajstić information content (AvgIpc) is 2.11. The molecule has 1 aromatic rings. The van der Waals surface area contributed by atoms with Gasteiger partial charge >= 0.3 is 6.09 Å². The highest BCUT2D eigenvalue weighted by Crippen LogP contribution is 2.25. The number of rotatable bonds is 1. The number of methoxy groups -OCH3 is 1. The van der Waals surface area contributed by atoms with Crippen molar-refractivity contribution in [3.05, 3.63) is 27.7 Å². The zero-order chi connectivity index (χ0) is 9.84. The second-order valence-electron chi connectivity index (χ2n) is 2.24. The normalized spacial score (nSPS) is 9.46. The molecule has 0 aliphatic carbocycles. The number of nitrogens with one attached hydrogen (secondary N) is 1. The predicted octanol–water partition coefficient (Wildman–Crippen LogP) is 3.28. The highest BCUT2D eigenvalue weighted by atomic mass is 79.9. The van der Waals surface area contributed by atoms with Crippen molar-refractivity contribution in [2.24, 2.45) is 0 Å². The molecule has 3 nitrogen and oxygen atoms in total. The van der Waals surface area contributed by atoms with Gasteiger partial charge in [-0.25, -0.2) is 4.79 Å². The van der Waals surface area contributed by atoms with Crippen LogP contribution < -0.4 is 5.32 Å². The van der Waals surface area contributed by atoms with Crippen LogP contribution in [0, 0.1) is 0 Å². The van der Waals surface area contributed by atoms with Gasteiger partial charge in [-0.15, -0.1) is 0 Å². The first-order valence-corrected chi connectivity index (χ1v) is 4.60. The SMILES string of the molecule is COC(=O)Nc1cc(Cl)ccc1Br. The van der Waals surface area contributed by atoms with Crippen molar-refractivity contribution in [2.75, 3.05) is 12.4 Å². The summed E-state index contributed by atoms with van der Waals surface area (Å²) in [5, 5.41) is 3.06. The van der Waals surface area contributed by atoms with Crippen LogP contribution in [0.1, 0.15) is 0 Å². The van der Waals surface area contributed by atoms with Gasteiger partial charge in [-0.1, -0.05) is 11.6 Å². The van der Waals surface area contributed by atoms with Crippen molar-refractivity contribution >= 4 is 39.3 Å². The van der Waals surface area contributed by atoms with Crippen molar-refractivity contribution in [2.45, 2.75) is 0 Å². The Hall–Kier alpha value is -0.740. The summed E-state index contributed by atoms with van der Waals surface area (Å²) in [6, 6.07) is 5.09. The highest BCUT2D eigenvalue weighted by Gasteiger charge is 2.04. The third kappa shape index (κ3) is 2.90. The molecular weight excluding hydrogens is 257 g/mol. The van der Waals surface area contributed by atoms with Crippen molar-refractivity contribution in [3.63, 3.8) is 0 Å². The maximum atomic E-state index is 10.8. The van der Waals surface area contributed by atoms with E-state index in [0.29, 0.717) is 10.7 Å². The molecule has 1 amide bonds. The number of carbonyl (C=O) groups excluding carboxylic acids is 1. The molecule has 0 fully saturated rings. The van der Waals surface area contributed by atoms with Gasteiger partial charge in [0.2, 0.25) is 0 Å². The van der Waals surface area contributed by atoms with E-state index >= 15 is 0 Å². The minimum absolute atomic E-state index is 0.525. The molecule has 0 atom stereocenters. The highest BCUT2D eigenvalue weighted by molar-refractivity contribution is 9.10. The van der Waals surface area contributed by atoms with E-state index in [1.165, 1.54) is 7.11 Å². The average molecular weight is 265 g/mol. The zero-order valence-electron chi connectivity index (χ0n) is 6.80. The maximum Gasteiger partial charge on any atom is 0.411 e. The third-order valence-electron chi connectivity index (χ3n) is 1.35. The van der Waals surface area contributed by atoms with Gasteiger partial charge in [-0.3, -0.25) is 5.32 Å². The lowest BCUT2D eigenvalue weighted by Crippen LogP contribution is -2.11. The van der Waals surface area contributed by atoms with E-state index in [2.05, 4.69) is 26.0 Å². The molecule has 1 N–H and O–H groups in total. The molecule has 0 heterocycles. The van der Waals surface area contributed by atoms with E-state index < -0.39 is 6.09 Å². The van der Waals surface area contributed by atoms with Crippen molar-refractivity contribution in [3.8, 4) is 0 Å². The largest absolute Gasteiger partial charge is 0.453 e. The summed E-state index contributed by atoms with van der Waals surface area (Å²) < 4.78 is 5.19. The van der Waals surface area contributed by atoms with E-state index in [4.69, 9.17) is 11.6 Å². The molecule has 13 heavy (non-hydrogen) atoms. The Morgan fingerprint density at radius 2 is 2.31 bits per heavy atom. The first-order valence-electron chi connectivity index (χ1n) is 3.43. The number of ether oxygens (including phenoxy) is 1. The number of carbonyl (C=O) groups is 1. The summed E-state index contributed by atoms with van der Waals surface area (Å²) >= 11 is 8.99. The molecule has 70 valence electrons. The summed E-state index contributed by atoms with van der Waals surface area (Å²) in [5.41, 5.74) is 0.583. The van der Waals surface area contributed by atoms with Crippen LogP contribution in [0.4, 0.5) is 10.5 Å². The molecule has 0 aliphatic rings. The Labute approximate surface area is 89.2 Å². The van der Waals surface area contributed by atoms with Crippen LogP contribution in [0.15, 0.2) is 22.7 Å². The van der Waals surface area contributed by atoms with E-state index in [1.54, 1.807) is 18.2 Å². The fourth-order valence-corrected chi connectivity index (χ4v) is 1.27. The third-order valence-corrected chi connectivity index (χ3v) is 2.28. The minimum atomic E-state index is -0.525. The van der Waals surface area contributed by atoms with Gasteiger partial charge in [0.15, 0.2) is 0 Å². The Balaban J connectivity index is 2.87. The molecule has 1 aromatic carbocycles. The Morgan fingerprint density at radius 1 is 1.62 bits per heavy atom. The molecule has 0 aliphatic heterocycles. The van der Waals surface area contributed by atoms with Gasteiger partial charge in [0.05, 0.1) is 12.8 Å².